The van der Waals surface area contributed by atoms with Crippen LogP contribution in [0.1, 0.15) is 0 Å². The molecule has 0 saturated heterocycles. The first-order chi connectivity index (χ1) is 24.3. The van der Waals surface area contributed by atoms with Crippen LogP contribution in [0.3, 0.4) is 0 Å². The maximum atomic E-state index is 6.63. The van der Waals surface area contributed by atoms with Crippen LogP contribution < -0.4 is 0 Å². The molecular weight excluding hydrogens is 593 g/mol. The molecule has 0 N–H and O–H groups in total. The Morgan fingerprint density at radius 2 is 0.878 bits per heavy atom. The minimum Gasteiger partial charge on any atom is -0.456 e. The molecule has 1 aromatic heterocycles. The lowest BCUT2D eigenvalue weighted by atomic mass is 9.83. The van der Waals surface area contributed by atoms with Gasteiger partial charge in [0.1, 0.15) is 11.2 Å². The van der Waals surface area contributed by atoms with E-state index in [0.29, 0.717) is 0 Å². The number of furan rings is 1. The molecular formula is C48H30O. The molecule has 0 saturated carbocycles. The first kappa shape index (κ1) is 27.7. The summed E-state index contributed by atoms with van der Waals surface area (Å²) >= 11 is 0. The molecule has 1 nitrogen and oxygen atoms in total. The highest BCUT2D eigenvalue weighted by Crippen LogP contribution is 2.49. The fraction of sp³-hybridized carbons (Fsp3) is 0. The van der Waals surface area contributed by atoms with E-state index in [0.717, 1.165) is 33.1 Å². The quantitative estimate of drug-likeness (QED) is 0.178. The highest BCUT2D eigenvalue weighted by molar-refractivity contribution is 6.26. The summed E-state index contributed by atoms with van der Waals surface area (Å²) in [6, 6.07) is 65.8. The maximum absolute atomic E-state index is 6.63. The van der Waals surface area contributed by atoms with Gasteiger partial charge in [0.25, 0.3) is 0 Å². The topological polar surface area (TPSA) is 13.1 Å². The molecule has 1 heteroatoms. The van der Waals surface area contributed by atoms with Crippen LogP contribution in [-0.4, -0.2) is 0 Å². The number of rotatable bonds is 4. The van der Waals surface area contributed by atoms with Crippen molar-refractivity contribution >= 4 is 54.3 Å². The Kier molecular flexibility index (Phi) is 6.25. The van der Waals surface area contributed by atoms with Crippen molar-refractivity contribution in [2.75, 3.05) is 0 Å². The lowest BCUT2D eigenvalue weighted by Crippen LogP contribution is -1.93. The second-order valence-corrected chi connectivity index (χ2v) is 12.8. The van der Waals surface area contributed by atoms with E-state index in [9.17, 15) is 0 Å². The SMILES string of the molecule is c1ccc(-c2cc(-c3c4ccccc4c(-c4ccccc4)c4ccc(-c5ccc6ccccc6c5)cc34)c3c(c2)oc2ccccc23)cc1. The van der Waals surface area contributed by atoms with Gasteiger partial charge >= 0.3 is 0 Å². The van der Waals surface area contributed by atoms with E-state index in [1.54, 1.807) is 0 Å². The Bertz CT molecular complexity index is 2860. The Labute approximate surface area is 284 Å². The smallest absolute Gasteiger partial charge is 0.136 e. The third-order valence-corrected chi connectivity index (χ3v) is 10.0. The van der Waals surface area contributed by atoms with Gasteiger partial charge in [0.15, 0.2) is 0 Å². The fourth-order valence-corrected chi connectivity index (χ4v) is 7.78. The van der Waals surface area contributed by atoms with Gasteiger partial charge in [-0.15, -0.1) is 0 Å². The van der Waals surface area contributed by atoms with Crippen LogP contribution in [0, 0.1) is 0 Å². The van der Waals surface area contributed by atoms with Crippen molar-refractivity contribution in [2.24, 2.45) is 0 Å². The molecule has 10 aromatic rings. The third-order valence-electron chi connectivity index (χ3n) is 10.0. The van der Waals surface area contributed by atoms with Gasteiger partial charge in [-0.25, -0.2) is 0 Å². The lowest BCUT2D eigenvalue weighted by molar-refractivity contribution is 0.669. The van der Waals surface area contributed by atoms with Crippen LogP contribution in [0.5, 0.6) is 0 Å². The molecule has 0 atom stereocenters. The minimum absolute atomic E-state index is 0.896. The van der Waals surface area contributed by atoms with E-state index in [1.165, 1.54) is 65.7 Å². The summed E-state index contributed by atoms with van der Waals surface area (Å²) in [7, 11) is 0. The van der Waals surface area contributed by atoms with E-state index < -0.39 is 0 Å². The summed E-state index contributed by atoms with van der Waals surface area (Å²) in [5, 5.41) is 9.67. The second kappa shape index (κ2) is 11.1. The van der Waals surface area contributed by atoms with E-state index >= 15 is 0 Å². The molecule has 49 heavy (non-hydrogen) atoms. The Morgan fingerprint density at radius 1 is 0.286 bits per heavy atom. The predicted octanol–water partition coefficient (Wildman–Crippen LogP) is 13.7. The molecule has 0 radical (unpaired) electrons. The zero-order valence-electron chi connectivity index (χ0n) is 26.7. The normalized spacial score (nSPS) is 11.7. The molecule has 228 valence electrons. The van der Waals surface area contributed by atoms with Crippen molar-refractivity contribution in [2.45, 2.75) is 0 Å². The monoisotopic (exact) mass is 622 g/mol. The summed E-state index contributed by atoms with van der Waals surface area (Å²) in [4.78, 5) is 0. The largest absolute Gasteiger partial charge is 0.456 e. The van der Waals surface area contributed by atoms with Crippen LogP contribution in [0.15, 0.2) is 186 Å². The Balaban J connectivity index is 1.38. The first-order valence-corrected chi connectivity index (χ1v) is 16.8. The number of fused-ring (bicyclic) bond motifs is 6. The molecule has 0 spiro atoms. The second-order valence-electron chi connectivity index (χ2n) is 12.8. The predicted molar refractivity (Wildman–Crippen MR) is 208 cm³/mol. The number of benzene rings is 9. The highest BCUT2D eigenvalue weighted by Gasteiger charge is 2.22. The fourth-order valence-electron chi connectivity index (χ4n) is 7.78. The molecule has 0 unspecified atom stereocenters. The van der Waals surface area contributed by atoms with Gasteiger partial charge < -0.3 is 4.42 Å². The standard InChI is InChI=1S/C48H30O/c1-3-13-31(14-4-1)37-29-43(48-41-21-11-12-22-44(41)49-45(48)30-37)47-39-20-10-9-19-38(39)46(33-16-5-2-6-17-33)40-26-25-36(28-42(40)47)35-24-23-32-15-7-8-18-34(32)27-35/h1-30H. The highest BCUT2D eigenvalue weighted by atomic mass is 16.3. The first-order valence-electron chi connectivity index (χ1n) is 16.8. The molecule has 0 amide bonds. The van der Waals surface area contributed by atoms with Gasteiger partial charge in [0, 0.05) is 10.8 Å². The summed E-state index contributed by atoms with van der Waals surface area (Å²) < 4.78 is 6.63. The summed E-state index contributed by atoms with van der Waals surface area (Å²) in [6.45, 7) is 0. The van der Waals surface area contributed by atoms with Gasteiger partial charge in [-0.05, 0) is 107 Å². The van der Waals surface area contributed by atoms with Crippen LogP contribution in [-0.2, 0) is 0 Å². The van der Waals surface area contributed by atoms with Crippen LogP contribution >= 0.6 is 0 Å². The van der Waals surface area contributed by atoms with Crippen molar-refractivity contribution < 1.29 is 4.42 Å². The number of hydrogen-bond donors (Lipinski definition) is 0. The zero-order valence-corrected chi connectivity index (χ0v) is 26.7. The molecule has 0 aliphatic heterocycles. The molecule has 0 aliphatic carbocycles. The van der Waals surface area contributed by atoms with Crippen LogP contribution in [0.4, 0.5) is 0 Å². The Morgan fingerprint density at radius 3 is 1.67 bits per heavy atom. The summed E-state index contributed by atoms with van der Waals surface area (Å²) in [5.41, 5.74) is 11.4. The summed E-state index contributed by atoms with van der Waals surface area (Å²) in [5.74, 6) is 0. The van der Waals surface area contributed by atoms with E-state index in [4.69, 9.17) is 4.42 Å². The van der Waals surface area contributed by atoms with Gasteiger partial charge in [-0.1, -0.05) is 152 Å². The van der Waals surface area contributed by atoms with E-state index in [1.807, 2.05) is 0 Å². The lowest BCUT2D eigenvalue weighted by Gasteiger charge is -2.20. The van der Waals surface area contributed by atoms with Crippen molar-refractivity contribution in [1.82, 2.24) is 0 Å². The number of para-hydroxylation sites is 1. The maximum Gasteiger partial charge on any atom is 0.136 e. The molecule has 0 bridgehead atoms. The van der Waals surface area contributed by atoms with E-state index in [2.05, 4.69) is 182 Å². The van der Waals surface area contributed by atoms with Crippen molar-refractivity contribution in [3.63, 3.8) is 0 Å². The molecule has 0 aliphatic rings. The van der Waals surface area contributed by atoms with Gasteiger partial charge in [0.2, 0.25) is 0 Å². The average Bonchev–Trinajstić information content (AvgIpc) is 3.56. The molecule has 1 heterocycles. The third kappa shape index (κ3) is 4.47. The van der Waals surface area contributed by atoms with Crippen LogP contribution in [0.2, 0.25) is 0 Å². The van der Waals surface area contributed by atoms with Gasteiger partial charge in [-0.3, -0.25) is 0 Å². The number of hydrogen-bond acceptors (Lipinski definition) is 1. The zero-order chi connectivity index (χ0) is 32.3. The van der Waals surface area contributed by atoms with Crippen molar-refractivity contribution in [1.29, 1.82) is 0 Å². The van der Waals surface area contributed by atoms with E-state index in [-0.39, 0.29) is 0 Å². The van der Waals surface area contributed by atoms with Crippen LogP contribution in [0.25, 0.3) is 98.8 Å². The molecule has 0 fully saturated rings. The molecule has 9 aromatic carbocycles. The van der Waals surface area contributed by atoms with Crippen molar-refractivity contribution in [3.8, 4) is 44.5 Å². The Hall–Kier alpha value is -6.44. The van der Waals surface area contributed by atoms with Crippen molar-refractivity contribution in [3.05, 3.63) is 182 Å². The molecule has 10 rings (SSSR count). The van der Waals surface area contributed by atoms with Gasteiger partial charge in [0.05, 0.1) is 0 Å². The average molecular weight is 623 g/mol. The van der Waals surface area contributed by atoms with Gasteiger partial charge in [-0.2, -0.15) is 0 Å². The summed E-state index contributed by atoms with van der Waals surface area (Å²) in [6.07, 6.45) is 0. The minimum atomic E-state index is 0.896.